The van der Waals surface area contributed by atoms with Crippen LogP contribution in [0.2, 0.25) is 0 Å². The molecule has 0 aromatic rings. The van der Waals surface area contributed by atoms with E-state index in [1.165, 1.54) is 12.8 Å². The monoisotopic (exact) mass is 170 g/mol. The Morgan fingerprint density at radius 3 is 2.92 bits per heavy atom. The van der Waals surface area contributed by atoms with Crippen LogP contribution in [0.1, 0.15) is 33.1 Å². The van der Waals surface area contributed by atoms with E-state index >= 15 is 0 Å². The van der Waals surface area contributed by atoms with Gasteiger partial charge in [-0.2, -0.15) is 0 Å². The molecule has 0 spiro atoms. The highest BCUT2D eigenvalue weighted by atomic mass is 16.6. The molecule has 0 aliphatic carbocycles. The van der Waals surface area contributed by atoms with Gasteiger partial charge in [-0.3, -0.25) is 0 Å². The lowest BCUT2D eigenvalue weighted by molar-refractivity contribution is 0.177. The lowest BCUT2D eigenvalue weighted by Gasteiger charge is -1.98. The van der Waals surface area contributed by atoms with Crippen LogP contribution in [0, 0.1) is 0 Å². The molecule has 2 heteroatoms. The average molecular weight is 170 g/mol. The standard InChI is InChI=1S/C10H18O2/c1-3-5-7-9-10(12-9)8(11)6-4-2/h4,6,8-11H,3,5,7H2,1-2H3/b6-4+/t8-,9-,10+/m0/s1. The SMILES string of the molecule is C/C=C/[C@H](O)[C@H]1O[C@H]1CCCC. The third kappa shape index (κ3) is 2.61. The highest BCUT2D eigenvalue weighted by Crippen LogP contribution is 2.30. The lowest BCUT2D eigenvalue weighted by atomic mass is 10.1. The van der Waals surface area contributed by atoms with Crippen molar-refractivity contribution in [3.05, 3.63) is 12.2 Å². The van der Waals surface area contributed by atoms with Crippen molar-refractivity contribution in [1.82, 2.24) is 0 Å². The van der Waals surface area contributed by atoms with Crippen molar-refractivity contribution in [1.29, 1.82) is 0 Å². The van der Waals surface area contributed by atoms with Gasteiger partial charge in [0.2, 0.25) is 0 Å². The van der Waals surface area contributed by atoms with Crippen LogP contribution < -0.4 is 0 Å². The predicted octanol–water partition coefficient (Wildman–Crippen LogP) is 1.88. The number of epoxide rings is 1. The predicted molar refractivity (Wildman–Crippen MR) is 49.0 cm³/mol. The van der Waals surface area contributed by atoms with Gasteiger partial charge in [-0.05, 0) is 13.3 Å². The van der Waals surface area contributed by atoms with Crippen molar-refractivity contribution < 1.29 is 9.84 Å². The first-order valence-corrected chi connectivity index (χ1v) is 4.76. The fourth-order valence-corrected chi connectivity index (χ4v) is 1.40. The Labute approximate surface area is 74.2 Å². The maximum absolute atomic E-state index is 9.45. The zero-order valence-corrected chi connectivity index (χ0v) is 7.86. The maximum atomic E-state index is 9.45. The molecule has 1 heterocycles. The maximum Gasteiger partial charge on any atom is 0.114 e. The summed E-state index contributed by atoms with van der Waals surface area (Å²) >= 11 is 0. The van der Waals surface area contributed by atoms with E-state index in [2.05, 4.69) is 6.92 Å². The fraction of sp³-hybridized carbons (Fsp3) is 0.800. The number of rotatable bonds is 5. The van der Waals surface area contributed by atoms with Crippen LogP contribution >= 0.6 is 0 Å². The van der Waals surface area contributed by atoms with E-state index in [0.29, 0.717) is 6.10 Å². The van der Waals surface area contributed by atoms with E-state index in [9.17, 15) is 5.11 Å². The second-order valence-electron chi connectivity index (χ2n) is 3.30. The third-order valence-corrected chi connectivity index (χ3v) is 2.19. The van der Waals surface area contributed by atoms with Crippen molar-refractivity contribution in [3.8, 4) is 0 Å². The molecule has 1 rings (SSSR count). The Kier molecular flexibility index (Phi) is 3.76. The first-order chi connectivity index (χ1) is 5.79. The Morgan fingerprint density at radius 1 is 1.58 bits per heavy atom. The smallest absolute Gasteiger partial charge is 0.114 e. The van der Waals surface area contributed by atoms with Crippen molar-refractivity contribution in [3.63, 3.8) is 0 Å². The van der Waals surface area contributed by atoms with Crippen LogP contribution in [0.15, 0.2) is 12.2 Å². The molecule has 0 bridgehead atoms. The fourth-order valence-electron chi connectivity index (χ4n) is 1.40. The van der Waals surface area contributed by atoms with Crippen molar-refractivity contribution in [2.24, 2.45) is 0 Å². The van der Waals surface area contributed by atoms with Crippen LogP contribution in [0.4, 0.5) is 0 Å². The summed E-state index contributed by atoms with van der Waals surface area (Å²) in [5.74, 6) is 0. The number of aliphatic hydroxyl groups is 1. The highest BCUT2D eigenvalue weighted by molar-refractivity contribution is 5.00. The minimum atomic E-state index is -0.392. The van der Waals surface area contributed by atoms with E-state index in [4.69, 9.17) is 4.74 Å². The molecule has 3 atom stereocenters. The van der Waals surface area contributed by atoms with E-state index in [1.807, 2.05) is 13.0 Å². The minimum Gasteiger partial charge on any atom is -0.386 e. The largest absolute Gasteiger partial charge is 0.386 e. The molecule has 0 saturated carbocycles. The zero-order chi connectivity index (χ0) is 8.97. The summed E-state index contributed by atoms with van der Waals surface area (Å²) in [5, 5.41) is 9.45. The molecule has 1 N–H and O–H groups in total. The molecule has 1 saturated heterocycles. The van der Waals surface area contributed by atoms with E-state index in [-0.39, 0.29) is 6.10 Å². The number of ether oxygens (including phenoxy) is 1. The number of hydrogen-bond donors (Lipinski definition) is 1. The third-order valence-electron chi connectivity index (χ3n) is 2.19. The van der Waals surface area contributed by atoms with Crippen LogP contribution in [-0.4, -0.2) is 23.4 Å². The van der Waals surface area contributed by atoms with Crippen LogP contribution in [0.3, 0.4) is 0 Å². The second kappa shape index (κ2) is 4.63. The number of allylic oxidation sites excluding steroid dienone is 1. The molecule has 1 aliphatic rings. The number of hydrogen-bond acceptors (Lipinski definition) is 2. The Hall–Kier alpha value is -0.340. The van der Waals surface area contributed by atoms with Gasteiger partial charge >= 0.3 is 0 Å². The molecule has 0 aromatic heterocycles. The molecule has 1 fully saturated rings. The Balaban J connectivity index is 2.14. The zero-order valence-electron chi connectivity index (χ0n) is 7.86. The molecule has 1 aliphatic heterocycles. The van der Waals surface area contributed by atoms with Crippen molar-refractivity contribution in [2.75, 3.05) is 0 Å². The number of aliphatic hydroxyl groups excluding tert-OH is 1. The van der Waals surface area contributed by atoms with Gasteiger partial charge in [-0.15, -0.1) is 0 Å². The molecular weight excluding hydrogens is 152 g/mol. The molecule has 0 unspecified atom stereocenters. The normalized spacial score (nSPS) is 30.9. The van der Waals surface area contributed by atoms with Crippen LogP contribution in [0.5, 0.6) is 0 Å². The van der Waals surface area contributed by atoms with Gasteiger partial charge in [-0.25, -0.2) is 0 Å². The van der Waals surface area contributed by atoms with E-state index < -0.39 is 6.10 Å². The molecule has 70 valence electrons. The van der Waals surface area contributed by atoms with Crippen molar-refractivity contribution >= 4 is 0 Å². The first kappa shape index (κ1) is 9.75. The second-order valence-corrected chi connectivity index (χ2v) is 3.30. The average Bonchev–Trinajstić information content (AvgIpc) is 2.80. The Morgan fingerprint density at radius 2 is 2.33 bits per heavy atom. The number of unbranched alkanes of at least 4 members (excludes halogenated alkanes) is 1. The van der Waals surface area contributed by atoms with E-state index in [1.54, 1.807) is 6.08 Å². The molecule has 2 nitrogen and oxygen atoms in total. The Bertz CT molecular complexity index is 154. The lowest BCUT2D eigenvalue weighted by Crippen LogP contribution is -2.13. The summed E-state index contributed by atoms with van der Waals surface area (Å²) in [4.78, 5) is 0. The summed E-state index contributed by atoms with van der Waals surface area (Å²) in [5.41, 5.74) is 0. The molecule has 0 amide bonds. The van der Waals surface area contributed by atoms with Crippen molar-refractivity contribution in [2.45, 2.75) is 51.4 Å². The van der Waals surface area contributed by atoms with Crippen LogP contribution in [-0.2, 0) is 4.74 Å². The van der Waals surface area contributed by atoms with Gasteiger partial charge in [0.25, 0.3) is 0 Å². The van der Waals surface area contributed by atoms with Gasteiger partial charge in [0.15, 0.2) is 0 Å². The summed E-state index contributed by atoms with van der Waals surface area (Å²) in [6, 6.07) is 0. The molecule has 12 heavy (non-hydrogen) atoms. The summed E-state index contributed by atoms with van der Waals surface area (Å²) < 4.78 is 5.33. The van der Waals surface area contributed by atoms with Gasteiger partial charge in [0.1, 0.15) is 12.2 Å². The van der Waals surface area contributed by atoms with Gasteiger partial charge in [-0.1, -0.05) is 31.9 Å². The molecule has 0 radical (unpaired) electrons. The summed E-state index contributed by atoms with van der Waals surface area (Å²) in [6.07, 6.45) is 7.15. The quantitative estimate of drug-likeness (QED) is 0.505. The summed E-state index contributed by atoms with van der Waals surface area (Å²) in [7, 11) is 0. The van der Waals surface area contributed by atoms with Gasteiger partial charge < -0.3 is 9.84 Å². The minimum absolute atomic E-state index is 0.0766. The first-order valence-electron chi connectivity index (χ1n) is 4.76. The highest BCUT2D eigenvalue weighted by Gasteiger charge is 2.42. The van der Waals surface area contributed by atoms with Gasteiger partial charge in [0.05, 0.1) is 6.10 Å². The van der Waals surface area contributed by atoms with E-state index in [0.717, 1.165) is 6.42 Å². The molecule has 0 aromatic carbocycles. The topological polar surface area (TPSA) is 32.8 Å². The van der Waals surface area contributed by atoms with Crippen LogP contribution in [0.25, 0.3) is 0 Å². The molecular formula is C10H18O2. The summed E-state index contributed by atoms with van der Waals surface area (Å²) in [6.45, 7) is 4.08. The van der Waals surface area contributed by atoms with Gasteiger partial charge in [0, 0.05) is 0 Å².